The van der Waals surface area contributed by atoms with Gasteiger partial charge in [0.05, 0.1) is 0 Å². The first-order valence-electron chi connectivity index (χ1n) is 9.45. The SMILES string of the molecule is NC(=O)c1cccc(C(c2ccc(F)cc2)C(c2cccnc2)c2cccnc2)n1. The Balaban J connectivity index is 1.95. The van der Waals surface area contributed by atoms with Gasteiger partial charge >= 0.3 is 0 Å². The summed E-state index contributed by atoms with van der Waals surface area (Å²) in [5, 5.41) is 0. The van der Waals surface area contributed by atoms with E-state index in [0.29, 0.717) is 5.69 Å². The molecule has 30 heavy (non-hydrogen) atoms. The van der Waals surface area contributed by atoms with Crippen LogP contribution >= 0.6 is 0 Å². The Morgan fingerprint density at radius 2 is 1.40 bits per heavy atom. The summed E-state index contributed by atoms with van der Waals surface area (Å²) >= 11 is 0. The number of nitrogens with zero attached hydrogens (tertiary/aromatic N) is 3. The number of benzene rings is 1. The van der Waals surface area contributed by atoms with E-state index < -0.39 is 5.91 Å². The van der Waals surface area contributed by atoms with Gasteiger partial charge in [0.25, 0.3) is 5.91 Å². The monoisotopic (exact) mass is 398 g/mol. The minimum atomic E-state index is -0.603. The van der Waals surface area contributed by atoms with E-state index in [-0.39, 0.29) is 23.3 Å². The predicted molar refractivity (Wildman–Crippen MR) is 111 cm³/mol. The molecule has 5 nitrogen and oxygen atoms in total. The van der Waals surface area contributed by atoms with Gasteiger partial charge < -0.3 is 5.73 Å². The fourth-order valence-corrected chi connectivity index (χ4v) is 3.66. The Morgan fingerprint density at radius 3 is 1.93 bits per heavy atom. The van der Waals surface area contributed by atoms with E-state index in [1.165, 1.54) is 12.1 Å². The quantitative estimate of drug-likeness (QED) is 0.531. The number of rotatable bonds is 6. The van der Waals surface area contributed by atoms with Crippen LogP contribution in [0.1, 0.15) is 44.7 Å². The molecule has 0 radical (unpaired) electrons. The number of aromatic nitrogens is 3. The first-order chi connectivity index (χ1) is 14.6. The Morgan fingerprint density at radius 1 is 0.767 bits per heavy atom. The number of carbonyl (C=O) groups is 1. The lowest BCUT2D eigenvalue weighted by Crippen LogP contribution is -2.19. The first-order valence-corrected chi connectivity index (χ1v) is 9.45. The van der Waals surface area contributed by atoms with Crippen LogP contribution in [0.4, 0.5) is 4.39 Å². The smallest absolute Gasteiger partial charge is 0.267 e. The largest absolute Gasteiger partial charge is 0.364 e. The van der Waals surface area contributed by atoms with Crippen molar-refractivity contribution in [1.82, 2.24) is 15.0 Å². The van der Waals surface area contributed by atoms with Crippen molar-refractivity contribution < 1.29 is 9.18 Å². The normalized spacial score (nSPS) is 11.9. The van der Waals surface area contributed by atoms with Crippen LogP contribution in [-0.4, -0.2) is 20.9 Å². The van der Waals surface area contributed by atoms with E-state index in [1.807, 2.05) is 30.3 Å². The number of pyridine rings is 3. The predicted octanol–water partition coefficient (Wildman–Crippen LogP) is 4.07. The van der Waals surface area contributed by atoms with Crippen molar-refractivity contribution in [3.05, 3.63) is 125 Å². The first kappa shape index (κ1) is 19.4. The van der Waals surface area contributed by atoms with Crippen LogP contribution in [0.15, 0.2) is 91.5 Å². The molecule has 2 N–H and O–H groups in total. The summed E-state index contributed by atoms with van der Waals surface area (Å²) < 4.78 is 13.7. The maximum atomic E-state index is 13.7. The van der Waals surface area contributed by atoms with Gasteiger partial charge in [0.2, 0.25) is 0 Å². The van der Waals surface area contributed by atoms with E-state index >= 15 is 0 Å². The van der Waals surface area contributed by atoms with Gasteiger partial charge in [-0.2, -0.15) is 0 Å². The van der Waals surface area contributed by atoms with Crippen LogP contribution in [0.3, 0.4) is 0 Å². The number of hydrogen-bond acceptors (Lipinski definition) is 4. The zero-order valence-corrected chi connectivity index (χ0v) is 16.0. The highest BCUT2D eigenvalue weighted by atomic mass is 19.1. The molecule has 3 heterocycles. The summed E-state index contributed by atoms with van der Waals surface area (Å²) in [7, 11) is 0. The van der Waals surface area contributed by atoms with Gasteiger partial charge in [0.1, 0.15) is 11.5 Å². The average molecular weight is 398 g/mol. The summed E-state index contributed by atoms with van der Waals surface area (Å²) in [5.41, 5.74) is 9.04. The van der Waals surface area contributed by atoms with E-state index in [0.717, 1.165) is 16.7 Å². The van der Waals surface area contributed by atoms with Crippen molar-refractivity contribution in [1.29, 1.82) is 0 Å². The van der Waals surface area contributed by atoms with Crippen molar-refractivity contribution >= 4 is 5.91 Å². The molecule has 1 aromatic carbocycles. The highest BCUT2D eigenvalue weighted by Gasteiger charge is 2.30. The molecule has 4 aromatic rings. The van der Waals surface area contributed by atoms with Gasteiger partial charge in [-0.1, -0.05) is 30.3 Å². The molecule has 0 aliphatic heterocycles. The molecule has 3 aromatic heterocycles. The number of nitrogens with two attached hydrogens (primary N) is 1. The maximum Gasteiger partial charge on any atom is 0.267 e. The fraction of sp³-hybridized carbons (Fsp3) is 0.0833. The van der Waals surface area contributed by atoms with E-state index in [1.54, 1.807) is 49.1 Å². The molecule has 1 atom stereocenters. The Bertz CT molecular complexity index is 1100. The maximum absolute atomic E-state index is 13.7. The molecule has 0 saturated heterocycles. The van der Waals surface area contributed by atoms with Gasteiger partial charge in [-0.3, -0.25) is 14.8 Å². The van der Waals surface area contributed by atoms with Crippen LogP contribution in [0, 0.1) is 5.82 Å². The van der Waals surface area contributed by atoms with E-state index in [4.69, 9.17) is 5.73 Å². The number of primary amides is 1. The highest BCUT2D eigenvalue weighted by molar-refractivity contribution is 5.90. The van der Waals surface area contributed by atoms with Crippen LogP contribution in [0.5, 0.6) is 0 Å². The molecule has 148 valence electrons. The second-order valence-corrected chi connectivity index (χ2v) is 6.89. The second-order valence-electron chi connectivity index (χ2n) is 6.89. The third kappa shape index (κ3) is 4.07. The van der Waals surface area contributed by atoms with Crippen LogP contribution in [-0.2, 0) is 0 Å². The molecule has 0 aliphatic carbocycles. The van der Waals surface area contributed by atoms with Crippen molar-refractivity contribution in [2.45, 2.75) is 11.8 Å². The summed E-state index contributed by atoms with van der Waals surface area (Å²) in [6, 6.07) is 19.2. The van der Waals surface area contributed by atoms with Gasteiger partial charge in [0, 0.05) is 42.3 Å². The van der Waals surface area contributed by atoms with E-state index in [9.17, 15) is 9.18 Å². The van der Waals surface area contributed by atoms with E-state index in [2.05, 4.69) is 15.0 Å². The summed E-state index contributed by atoms with van der Waals surface area (Å²) in [4.78, 5) is 24.9. The average Bonchev–Trinajstić information content (AvgIpc) is 2.79. The number of amides is 1. The molecule has 0 spiro atoms. The molecule has 4 rings (SSSR count). The fourth-order valence-electron chi connectivity index (χ4n) is 3.66. The zero-order valence-electron chi connectivity index (χ0n) is 16.0. The molecule has 1 unspecified atom stereocenters. The molecule has 1 amide bonds. The summed E-state index contributed by atoms with van der Waals surface area (Å²) in [6.07, 6.45) is 7.02. The van der Waals surface area contributed by atoms with Crippen molar-refractivity contribution in [3.63, 3.8) is 0 Å². The Kier molecular flexibility index (Phi) is 5.57. The Labute approximate surface area is 173 Å². The minimum Gasteiger partial charge on any atom is -0.364 e. The van der Waals surface area contributed by atoms with Gasteiger partial charge in [-0.05, 0) is 53.1 Å². The molecule has 0 bridgehead atoms. The molecular formula is C24H19FN4O. The minimum absolute atomic E-state index is 0.177. The van der Waals surface area contributed by atoms with Crippen molar-refractivity contribution in [3.8, 4) is 0 Å². The van der Waals surface area contributed by atoms with Crippen molar-refractivity contribution in [2.75, 3.05) is 0 Å². The molecule has 0 aliphatic rings. The molecule has 0 saturated carbocycles. The lowest BCUT2D eigenvalue weighted by molar-refractivity contribution is 0.0995. The summed E-state index contributed by atoms with van der Waals surface area (Å²) in [5.74, 6) is -1.46. The summed E-state index contributed by atoms with van der Waals surface area (Å²) in [6.45, 7) is 0. The third-order valence-corrected chi connectivity index (χ3v) is 4.99. The molecule has 6 heteroatoms. The molecule has 0 fully saturated rings. The second kappa shape index (κ2) is 8.61. The standard InChI is InChI=1S/C24H19FN4O/c25-19-10-8-16(9-11-19)23(20-6-1-7-21(29-20)24(26)30)22(17-4-2-12-27-14-17)18-5-3-13-28-15-18/h1-15,22-23H,(H2,26,30). The number of carbonyl (C=O) groups excluding carboxylic acids is 1. The van der Waals surface area contributed by atoms with Gasteiger partial charge in [-0.25, -0.2) is 9.37 Å². The number of hydrogen-bond donors (Lipinski definition) is 1. The number of halogens is 1. The van der Waals surface area contributed by atoms with Crippen molar-refractivity contribution in [2.24, 2.45) is 5.73 Å². The molecular weight excluding hydrogens is 379 g/mol. The van der Waals surface area contributed by atoms with Crippen LogP contribution < -0.4 is 5.73 Å². The lowest BCUT2D eigenvalue weighted by Gasteiger charge is -2.28. The van der Waals surface area contributed by atoms with Crippen LogP contribution in [0.25, 0.3) is 0 Å². The highest BCUT2D eigenvalue weighted by Crippen LogP contribution is 2.41. The topological polar surface area (TPSA) is 81.8 Å². The zero-order chi connectivity index (χ0) is 20.9. The third-order valence-electron chi connectivity index (χ3n) is 4.99. The van der Waals surface area contributed by atoms with Gasteiger partial charge in [0.15, 0.2) is 0 Å². The Hall–Kier alpha value is -3.93. The lowest BCUT2D eigenvalue weighted by atomic mass is 9.76. The van der Waals surface area contributed by atoms with Crippen LogP contribution in [0.2, 0.25) is 0 Å². The van der Waals surface area contributed by atoms with Gasteiger partial charge in [-0.15, -0.1) is 0 Å².